The highest BCUT2D eigenvalue weighted by atomic mass is 19.4. The SMILES string of the molecule is C=C(c1ccc(N)c(OC(F)(F)F)c1)N1CCN(C(=O)OCCCOC)CC1. The van der Waals surface area contributed by atoms with Crippen LogP contribution in [0.25, 0.3) is 5.70 Å². The molecule has 1 aliphatic heterocycles. The summed E-state index contributed by atoms with van der Waals surface area (Å²) < 4.78 is 51.5. The largest absolute Gasteiger partial charge is 0.573 e. The predicted octanol–water partition coefficient (Wildman–Crippen LogP) is 2.93. The van der Waals surface area contributed by atoms with Crippen molar-refractivity contribution < 1.29 is 32.2 Å². The first-order valence-electron chi connectivity index (χ1n) is 8.71. The summed E-state index contributed by atoms with van der Waals surface area (Å²) >= 11 is 0. The second-order valence-electron chi connectivity index (χ2n) is 6.18. The lowest BCUT2D eigenvalue weighted by Crippen LogP contribution is -2.48. The molecule has 1 amide bonds. The summed E-state index contributed by atoms with van der Waals surface area (Å²) in [4.78, 5) is 15.5. The maximum Gasteiger partial charge on any atom is 0.573 e. The van der Waals surface area contributed by atoms with Gasteiger partial charge in [-0.3, -0.25) is 0 Å². The van der Waals surface area contributed by atoms with Gasteiger partial charge in [-0.05, 0) is 12.1 Å². The fourth-order valence-electron chi connectivity index (χ4n) is 2.72. The molecule has 10 heteroatoms. The second-order valence-corrected chi connectivity index (χ2v) is 6.18. The standard InChI is InChI=1S/C18H24F3N3O4/c1-13(14-4-5-15(22)16(12-14)28-18(19,20)21)23-6-8-24(9-7-23)17(25)27-11-3-10-26-2/h4-5,12H,1,3,6-11,22H2,2H3. The Morgan fingerprint density at radius 2 is 1.82 bits per heavy atom. The van der Waals surface area contributed by atoms with Crippen LogP contribution in [0.15, 0.2) is 24.8 Å². The minimum Gasteiger partial charge on any atom is -0.449 e. The first kappa shape index (κ1) is 21.7. The molecule has 0 atom stereocenters. The van der Waals surface area contributed by atoms with E-state index in [0.717, 1.165) is 0 Å². The Bertz CT molecular complexity index is 689. The van der Waals surface area contributed by atoms with E-state index >= 15 is 0 Å². The fraction of sp³-hybridized carbons (Fsp3) is 0.500. The van der Waals surface area contributed by atoms with Crippen molar-refractivity contribution in [2.24, 2.45) is 0 Å². The fourth-order valence-corrected chi connectivity index (χ4v) is 2.72. The number of benzene rings is 1. The highest BCUT2D eigenvalue weighted by Crippen LogP contribution is 2.32. The summed E-state index contributed by atoms with van der Waals surface area (Å²) in [6, 6.07) is 4.13. The topological polar surface area (TPSA) is 77.3 Å². The molecule has 1 heterocycles. The molecule has 0 unspecified atom stereocenters. The van der Waals surface area contributed by atoms with E-state index < -0.39 is 18.2 Å². The third-order valence-corrected chi connectivity index (χ3v) is 4.21. The number of ether oxygens (including phenoxy) is 3. The van der Waals surface area contributed by atoms with Crippen molar-refractivity contribution in [2.45, 2.75) is 12.8 Å². The maximum atomic E-state index is 12.5. The Labute approximate surface area is 161 Å². The molecule has 7 nitrogen and oxygen atoms in total. The van der Waals surface area contributed by atoms with Gasteiger partial charge in [-0.2, -0.15) is 0 Å². The van der Waals surface area contributed by atoms with Gasteiger partial charge in [0.25, 0.3) is 0 Å². The molecule has 156 valence electrons. The summed E-state index contributed by atoms with van der Waals surface area (Å²) in [5.41, 5.74) is 6.43. The van der Waals surface area contributed by atoms with Gasteiger partial charge in [-0.1, -0.05) is 12.6 Å². The molecular weight excluding hydrogens is 379 g/mol. The molecule has 1 saturated heterocycles. The molecule has 0 aliphatic carbocycles. The van der Waals surface area contributed by atoms with Gasteiger partial charge in [0.15, 0.2) is 5.75 Å². The van der Waals surface area contributed by atoms with Crippen molar-refractivity contribution in [3.05, 3.63) is 30.3 Å². The molecule has 0 aromatic heterocycles. The Hall–Kier alpha value is -2.62. The minimum atomic E-state index is -4.83. The van der Waals surface area contributed by atoms with Crippen molar-refractivity contribution in [3.8, 4) is 5.75 Å². The number of nitrogens with zero attached hydrogens (tertiary/aromatic N) is 2. The van der Waals surface area contributed by atoms with Crippen molar-refractivity contribution in [2.75, 3.05) is 52.2 Å². The second kappa shape index (κ2) is 9.54. The first-order chi connectivity index (χ1) is 13.2. The monoisotopic (exact) mass is 403 g/mol. The van der Waals surface area contributed by atoms with Crippen LogP contribution in [0.2, 0.25) is 0 Å². The van der Waals surface area contributed by atoms with E-state index in [0.29, 0.717) is 50.5 Å². The van der Waals surface area contributed by atoms with Crippen LogP contribution in [0.1, 0.15) is 12.0 Å². The van der Waals surface area contributed by atoms with Gasteiger partial charge in [0, 0.05) is 57.6 Å². The zero-order valence-electron chi connectivity index (χ0n) is 15.6. The summed E-state index contributed by atoms with van der Waals surface area (Å²) in [5, 5.41) is 0. The normalized spacial score (nSPS) is 14.7. The third kappa shape index (κ3) is 6.22. The lowest BCUT2D eigenvalue weighted by molar-refractivity contribution is -0.274. The minimum absolute atomic E-state index is 0.116. The molecule has 28 heavy (non-hydrogen) atoms. The van der Waals surface area contributed by atoms with Crippen molar-refractivity contribution in [1.29, 1.82) is 0 Å². The number of halogens is 3. The number of methoxy groups -OCH3 is 1. The number of alkyl halides is 3. The number of hydrogen-bond acceptors (Lipinski definition) is 6. The van der Waals surface area contributed by atoms with Crippen LogP contribution in [0.4, 0.5) is 23.7 Å². The quantitative estimate of drug-likeness (QED) is 0.557. The molecule has 0 saturated carbocycles. The molecule has 2 rings (SSSR count). The zero-order valence-corrected chi connectivity index (χ0v) is 15.6. The van der Waals surface area contributed by atoms with Crippen molar-refractivity contribution >= 4 is 17.5 Å². The molecule has 0 bridgehead atoms. The van der Waals surface area contributed by atoms with Crippen molar-refractivity contribution in [3.63, 3.8) is 0 Å². The number of nitrogens with two attached hydrogens (primary N) is 1. The highest BCUT2D eigenvalue weighted by Gasteiger charge is 2.32. The van der Waals surface area contributed by atoms with E-state index in [1.807, 2.05) is 4.90 Å². The van der Waals surface area contributed by atoms with E-state index in [-0.39, 0.29) is 12.3 Å². The van der Waals surface area contributed by atoms with Crippen LogP contribution in [0, 0.1) is 0 Å². The zero-order chi connectivity index (χ0) is 20.7. The number of hydrogen-bond donors (Lipinski definition) is 1. The Morgan fingerprint density at radius 3 is 2.43 bits per heavy atom. The molecule has 2 N–H and O–H groups in total. The van der Waals surface area contributed by atoms with E-state index in [2.05, 4.69) is 11.3 Å². The van der Waals surface area contributed by atoms with E-state index in [1.54, 1.807) is 18.1 Å². The van der Waals surface area contributed by atoms with Crippen LogP contribution < -0.4 is 10.5 Å². The molecule has 0 radical (unpaired) electrons. The maximum absolute atomic E-state index is 12.5. The molecular formula is C18H24F3N3O4. The number of carbonyl (C=O) groups is 1. The molecule has 1 aromatic rings. The van der Waals surface area contributed by atoms with E-state index in [9.17, 15) is 18.0 Å². The lowest BCUT2D eigenvalue weighted by Gasteiger charge is -2.36. The Balaban J connectivity index is 1.91. The summed E-state index contributed by atoms with van der Waals surface area (Å²) in [5.74, 6) is -0.468. The van der Waals surface area contributed by atoms with E-state index in [1.165, 1.54) is 12.1 Å². The first-order valence-corrected chi connectivity index (χ1v) is 8.71. The van der Waals surface area contributed by atoms with Gasteiger partial charge < -0.3 is 29.7 Å². The predicted molar refractivity (Wildman–Crippen MR) is 97.6 cm³/mol. The van der Waals surface area contributed by atoms with Gasteiger partial charge in [-0.15, -0.1) is 13.2 Å². The van der Waals surface area contributed by atoms with Crippen LogP contribution >= 0.6 is 0 Å². The van der Waals surface area contributed by atoms with Crippen LogP contribution in [0.5, 0.6) is 5.75 Å². The molecule has 0 spiro atoms. The number of carbonyl (C=O) groups excluding carboxylic acids is 1. The van der Waals surface area contributed by atoms with Gasteiger partial charge in [0.2, 0.25) is 0 Å². The van der Waals surface area contributed by atoms with Gasteiger partial charge in [0.05, 0.1) is 12.3 Å². The average Bonchev–Trinajstić information content (AvgIpc) is 2.65. The number of anilines is 1. The molecule has 1 aliphatic rings. The van der Waals surface area contributed by atoms with Crippen LogP contribution in [-0.4, -0.2) is 68.8 Å². The van der Waals surface area contributed by atoms with Gasteiger partial charge in [-0.25, -0.2) is 4.79 Å². The number of piperazine rings is 1. The highest BCUT2D eigenvalue weighted by molar-refractivity contribution is 5.69. The Morgan fingerprint density at radius 1 is 1.18 bits per heavy atom. The van der Waals surface area contributed by atoms with Crippen LogP contribution in [-0.2, 0) is 9.47 Å². The van der Waals surface area contributed by atoms with Crippen LogP contribution in [0.3, 0.4) is 0 Å². The molecule has 1 fully saturated rings. The third-order valence-electron chi connectivity index (χ3n) is 4.21. The summed E-state index contributed by atoms with van der Waals surface area (Å²) in [6.07, 6.45) is -4.60. The summed E-state index contributed by atoms with van der Waals surface area (Å²) in [7, 11) is 1.58. The number of rotatable bonds is 7. The average molecular weight is 403 g/mol. The smallest absolute Gasteiger partial charge is 0.449 e. The Kier molecular flexibility index (Phi) is 7.38. The van der Waals surface area contributed by atoms with Gasteiger partial charge in [0.1, 0.15) is 0 Å². The van der Waals surface area contributed by atoms with Crippen molar-refractivity contribution in [1.82, 2.24) is 9.80 Å². The molecule has 1 aromatic carbocycles. The number of amides is 1. The van der Waals surface area contributed by atoms with Gasteiger partial charge >= 0.3 is 12.5 Å². The lowest BCUT2D eigenvalue weighted by atomic mass is 10.1. The summed E-state index contributed by atoms with van der Waals surface area (Å²) in [6.45, 7) is 6.55. The number of nitrogen functional groups attached to an aromatic ring is 1. The van der Waals surface area contributed by atoms with E-state index in [4.69, 9.17) is 15.2 Å².